The standard InChI is InChI=1S/C36H44N6/c1-23(2)29-16-12-17-30(24(3)4)35(29)41-21-33(39(9)37-41)27-14-11-15-28(20-27)34-22-42(38-40(34)10)36-31(25(5)6)18-13-19-32(36)26(7)8/h11-20,23-26H,1-10H3. The van der Waals surface area contributed by atoms with E-state index in [9.17, 15) is 0 Å². The first-order chi connectivity index (χ1) is 20.0. The SMILES string of the molecule is CC(C)c1cccc(C(C)C)c1-[n+]1[c-]c(-c2cccc(-c3[c-][n+](-c4c(C(C)C)cccc4C(C)C)nn3C)c2)n(C)n1. The van der Waals surface area contributed by atoms with E-state index in [0.29, 0.717) is 23.7 Å². The normalized spacial score (nSPS) is 12.0. The van der Waals surface area contributed by atoms with E-state index in [1.165, 1.54) is 22.3 Å². The molecule has 0 unspecified atom stereocenters. The predicted octanol–water partition coefficient (Wildman–Crippen LogP) is 7.13. The van der Waals surface area contributed by atoms with Crippen molar-refractivity contribution in [2.24, 2.45) is 14.1 Å². The van der Waals surface area contributed by atoms with E-state index in [2.05, 4.69) is 128 Å². The van der Waals surface area contributed by atoms with Crippen molar-refractivity contribution < 1.29 is 9.36 Å². The lowest BCUT2D eigenvalue weighted by Crippen LogP contribution is -2.36. The Bertz CT molecular complexity index is 1540. The third-order valence-corrected chi connectivity index (χ3v) is 8.04. The third-order valence-electron chi connectivity index (χ3n) is 8.04. The molecule has 0 radical (unpaired) electrons. The van der Waals surface area contributed by atoms with E-state index < -0.39 is 0 Å². The van der Waals surface area contributed by atoms with E-state index in [1.807, 2.05) is 32.8 Å². The van der Waals surface area contributed by atoms with Crippen molar-refractivity contribution in [1.29, 1.82) is 0 Å². The molecule has 0 aliphatic heterocycles. The first kappa shape index (κ1) is 29.4. The molecule has 0 saturated carbocycles. The summed E-state index contributed by atoms with van der Waals surface area (Å²) >= 11 is 0. The molecule has 0 N–H and O–H groups in total. The van der Waals surface area contributed by atoms with Gasteiger partial charge in [-0.1, -0.05) is 131 Å². The highest BCUT2D eigenvalue weighted by Gasteiger charge is 2.20. The molecule has 5 aromatic rings. The highest BCUT2D eigenvalue weighted by molar-refractivity contribution is 5.68. The van der Waals surface area contributed by atoms with Crippen LogP contribution in [-0.2, 0) is 14.1 Å². The zero-order valence-electron chi connectivity index (χ0n) is 26.8. The summed E-state index contributed by atoms with van der Waals surface area (Å²) in [5.41, 5.74) is 11.3. The van der Waals surface area contributed by atoms with Gasteiger partial charge in [-0.2, -0.15) is 15.4 Å². The third kappa shape index (κ3) is 5.42. The molecule has 6 nitrogen and oxygen atoms in total. The quantitative estimate of drug-likeness (QED) is 0.150. The molecule has 0 atom stereocenters. The molecule has 0 fully saturated rings. The molecule has 218 valence electrons. The van der Waals surface area contributed by atoms with Crippen LogP contribution in [0.2, 0.25) is 0 Å². The van der Waals surface area contributed by atoms with Crippen LogP contribution in [0.25, 0.3) is 33.9 Å². The number of rotatable bonds is 8. The lowest BCUT2D eigenvalue weighted by atomic mass is 9.93. The minimum Gasteiger partial charge on any atom is -0.206 e. The number of para-hydroxylation sites is 2. The summed E-state index contributed by atoms with van der Waals surface area (Å²) in [5, 5.41) is 9.82. The van der Waals surface area contributed by atoms with Gasteiger partial charge in [-0.25, -0.2) is 9.36 Å². The van der Waals surface area contributed by atoms with Crippen molar-refractivity contribution in [2.45, 2.75) is 79.1 Å². The summed E-state index contributed by atoms with van der Waals surface area (Å²) in [6.07, 6.45) is 7.20. The molecule has 6 heteroatoms. The number of hydrogen-bond donors (Lipinski definition) is 0. The Balaban J connectivity index is 1.59. The molecule has 2 aromatic heterocycles. The maximum Gasteiger partial charge on any atom is 0.101 e. The van der Waals surface area contributed by atoms with Crippen LogP contribution in [-0.4, -0.2) is 19.8 Å². The molecule has 5 rings (SSSR count). The van der Waals surface area contributed by atoms with Crippen molar-refractivity contribution in [3.63, 3.8) is 0 Å². The van der Waals surface area contributed by atoms with Crippen LogP contribution in [0, 0.1) is 12.4 Å². The van der Waals surface area contributed by atoms with Crippen molar-refractivity contribution in [3.05, 3.63) is 95.3 Å². The Labute approximate surface area is 251 Å². The Hall–Kier alpha value is -4.06. The van der Waals surface area contributed by atoms with Gasteiger partial charge in [0.15, 0.2) is 0 Å². The lowest BCUT2D eigenvalue weighted by molar-refractivity contribution is -0.666. The largest absolute Gasteiger partial charge is 0.206 e. The number of aryl methyl sites for hydroxylation is 2. The Morgan fingerprint density at radius 1 is 0.524 bits per heavy atom. The van der Waals surface area contributed by atoms with Crippen LogP contribution < -0.4 is 9.36 Å². The molecule has 42 heavy (non-hydrogen) atoms. The Kier molecular flexibility index (Phi) is 8.18. The number of benzene rings is 3. The smallest absolute Gasteiger partial charge is 0.101 e. The van der Waals surface area contributed by atoms with Crippen LogP contribution in [0.4, 0.5) is 0 Å². The summed E-state index contributed by atoms with van der Waals surface area (Å²) in [6.45, 7) is 17.9. The van der Waals surface area contributed by atoms with Crippen LogP contribution in [0.3, 0.4) is 0 Å². The van der Waals surface area contributed by atoms with E-state index in [-0.39, 0.29) is 0 Å². The van der Waals surface area contributed by atoms with Gasteiger partial charge in [0.05, 0.1) is 45.6 Å². The van der Waals surface area contributed by atoms with Crippen molar-refractivity contribution in [1.82, 2.24) is 19.8 Å². The molecule has 0 saturated heterocycles. The minimum absolute atomic E-state index is 0.373. The zero-order chi connectivity index (χ0) is 30.3. The van der Waals surface area contributed by atoms with E-state index in [0.717, 1.165) is 33.9 Å². The summed E-state index contributed by atoms with van der Waals surface area (Å²) in [6, 6.07) is 21.6. The topological polar surface area (TPSA) is 43.4 Å². The first-order valence-corrected chi connectivity index (χ1v) is 15.1. The van der Waals surface area contributed by atoms with Gasteiger partial charge in [-0.05, 0) is 23.7 Å². The minimum atomic E-state index is 0.373. The molecule has 0 spiro atoms. The van der Waals surface area contributed by atoms with Gasteiger partial charge < -0.3 is 0 Å². The highest BCUT2D eigenvalue weighted by Crippen LogP contribution is 2.31. The molecule has 0 aliphatic rings. The summed E-state index contributed by atoms with van der Waals surface area (Å²) in [4.78, 5) is 0. The monoisotopic (exact) mass is 560 g/mol. The van der Waals surface area contributed by atoms with Gasteiger partial charge in [0, 0.05) is 0 Å². The fourth-order valence-corrected chi connectivity index (χ4v) is 5.78. The molecule has 0 aliphatic carbocycles. The van der Waals surface area contributed by atoms with Crippen LogP contribution in [0.15, 0.2) is 60.7 Å². The average Bonchev–Trinajstić information content (AvgIpc) is 3.54. The molecule has 2 heterocycles. The maximum absolute atomic E-state index is 4.91. The van der Waals surface area contributed by atoms with Gasteiger partial charge in [0.1, 0.15) is 14.1 Å². The summed E-state index contributed by atoms with van der Waals surface area (Å²) < 4.78 is 7.71. The van der Waals surface area contributed by atoms with Gasteiger partial charge in [-0.15, -0.1) is 12.1 Å². The van der Waals surface area contributed by atoms with Crippen LogP contribution in [0.1, 0.15) is 101 Å². The molecule has 3 aromatic carbocycles. The van der Waals surface area contributed by atoms with Crippen LogP contribution >= 0.6 is 0 Å². The predicted molar refractivity (Wildman–Crippen MR) is 168 cm³/mol. The van der Waals surface area contributed by atoms with Gasteiger partial charge in [0.2, 0.25) is 0 Å². The van der Waals surface area contributed by atoms with Gasteiger partial charge in [0.25, 0.3) is 0 Å². The zero-order valence-corrected chi connectivity index (χ0v) is 26.8. The maximum atomic E-state index is 4.91. The van der Waals surface area contributed by atoms with Gasteiger partial charge >= 0.3 is 0 Å². The Morgan fingerprint density at radius 3 is 1.14 bits per heavy atom. The first-order valence-electron chi connectivity index (χ1n) is 15.1. The second-order valence-corrected chi connectivity index (χ2v) is 12.5. The number of aromatic nitrogens is 6. The number of nitrogens with zero attached hydrogens (tertiary/aromatic N) is 6. The van der Waals surface area contributed by atoms with Crippen molar-refractivity contribution in [3.8, 4) is 33.9 Å². The van der Waals surface area contributed by atoms with Crippen LogP contribution in [0.5, 0.6) is 0 Å². The molecular weight excluding hydrogens is 516 g/mol. The summed E-state index contributed by atoms with van der Waals surface area (Å²) in [7, 11) is 3.98. The van der Waals surface area contributed by atoms with Gasteiger partial charge in [-0.3, -0.25) is 0 Å². The average molecular weight is 561 g/mol. The second-order valence-electron chi connectivity index (χ2n) is 12.5. The summed E-state index contributed by atoms with van der Waals surface area (Å²) in [5.74, 6) is 1.49. The molecular formula is C36H44N6. The molecule has 0 amide bonds. The lowest BCUT2D eigenvalue weighted by Gasteiger charge is -2.19. The molecule has 0 bridgehead atoms. The Morgan fingerprint density at radius 2 is 0.833 bits per heavy atom. The van der Waals surface area contributed by atoms with E-state index in [1.54, 1.807) is 0 Å². The van der Waals surface area contributed by atoms with E-state index >= 15 is 0 Å². The van der Waals surface area contributed by atoms with Crippen molar-refractivity contribution >= 4 is 0 Å². The fraction of sp³-hybridized carbons (Fsp3) is 0.389. The van der Waals surface area contributed by atoms with Crippen molar-refractivity contribution in [2.75, 3.05) is 0 Å². The second kappa shape index (κ2) is 11.7. The number of hydrogen-bond acceptors (Lipinski definition) is 2. The highest BCUT2D eigenvalue weighted by atomic mass is 15.5. The fourth-order valence-electron chi connectivity index (χ4n) is 5.78. The van der Waals surface area contributed by atoms with E-state index in [4.69, 9.17) is 10.4 Å².